The zero-order valence-corrected chi connectivity index (χ0v) is 13.1. The van der Waals surface area contributed by atoms with E-state index in [4.69, 9.17) is 9.47 Å². The van der Waals surface area contributed by atoms with E-state index in [2.05, 4.69) is 6.58 Å². The smallest absolute Gasteiger partial charge is 0.334 e. The van der Waals surface area contributed by atoms with Crippen molar-refractivity contribution in [1.82, 2.24) is 0 Å². The van der Waals surface area contributed by atoms with E-state index in [0.29, 0.717) is 30.4 Å². The Morgan fingerprint density at radius 1 is 1.41 bits per heavy atom. The van der Waals surface area contributed by atoms with Gasteiger partial charge < -0.3 is 9.47 Å². The van der Waals surface area contributed by atoms with E-state index in [1.54, 1.807) is 6.92 Å². The van der Waals surface area contributed by atoms with Crippen LogP contribution in [-0.4, -0.2) is 29.4 Å². The van der Waals surface area contributed by atoms with E-state index >= 15 is 0 Å². The van der Waals surface area contributed by atoms with Crippen LogP contribution in [0, 0.1) is 11.8 Å². The molecule has 0 aromatic heterocycles. The predicted molar refractivity (Wildman–Crippen MR) is 77.7 cm³/mol. The van der Waals surface area contributed by atoms with Gasteiger partial charge in [-0.2, -0.15) is 0 Å². The summed E-state index contributed by atoms with van der Waals surface area (Å²) in [6.45, 7) is 8.85. The lowest BCUT2D eigenvalue weighted by Crippen LogP contribution is -2.40. The number of fused-ring (bicyclic) bond motifs is 3. The van der Waals surface area contributed by atoms with E-state index in [9.17, 15) is 14.4 Å². The summed E-state index contributed by atoms with van der Waals surface area (Å²) in [6, 6.07) is 0. The largest absolute Gasteiger partial charge is 0.459 e. The van der Waals surface area contributed by atoms with Gasteiger partial charge in [-0.05, 0) is 37.8 Å². The molecule has 1 heterocycles. The second-order valence-electron chi connectivity index (χ2n) is 6.66. The van der Waals surface area contributed by atoms with Gasteiger partial charge in [-0.1, -0.05) is 6.58 Å². The molecule has 0 amide bonds. The summed E-state index contributed by atoms with van der Waals surface area (Å²) in [4.78, 5) is 35.6. The summed E-state index contributed by atoms with van der Waals surface area (Å²) in [5.74, 6) is -1.07. The zero-order chi connectivity index (χ0) is 16.2. The quantitative estimate of drug-likeness (QED) is 0.548. The predicted octanol–water partition coefficient (Wildman–Crippen LogP) is 2.11. The van der Waals surface area contributed by atoms with Crippen LogP contribution in [-0.2, 0) is 23.9 Å². The van der Waals surface area contributed by atoms with Crippen LogP contribution in [0.4, 0.5) is 0 Å². The average Bonchev–Trinajstić information content (AvgIpc) is 2.82. The van der Waals surface area contributed by atoms with Crippen molar-refractivity contribution in [2.75, 3.05) is 0 Å². The van der Waals surface area contributed by atoms with Crippen molar-refractivity contribution in [2.24, 2.45) is 11.8 Å². The SMILES string of the molecule is C=C1C(=O)O[C@@H]2C3=C(C)C(=O)C[C@H]3[C@](C)(OC(C)=O)CC[C@@H]12. The monoisotopic (exact) mass is 304 g/mol. The van der Waals surface area contributed by atoms with Crippen molar-refractivity contribution in [3.05, 3.63) is 23.3 Å². The molecule has 3 aliphatic rings. The summed E-state index contributed by atoms with van der Waals surface area (Å²) >= 11 is 0. The Kier molecular flexibility index (Phi) is 3.27. The van der Waals surface area contributed by atoms with Crippen molar-refractivity contribution in [2.45, 2.75) is 51.7 Å². The number of ether oxygens (including phenoxy) is 2. The molecule has 5 nitrogen and oxygen atoms in total. The van der Waals surface area contributed by atoms with Gasteiger partial charge in [0.2, 0.25) is 0 Å². The second kappa shape index (κ2) is 4.80. The van der Waals surface area contributed by atoms with Gasteiger partial charge >= 0.3 is 11.9 Å². The first kappa shape index (κ1) is 15.0. The van der Waals surface area contributed by atoms with E-state index in [0.717, 1.165) is 5.57 Å². The number of hydrogen-bond donors (Lipinski definition) is 0. The molecule has 1 saturated carbocycles. The maximum absolute atomic E-state index is 12.2. The fraction of sp³-hybridized carbons (Fsp3) is 0.588. The molecule has 0 radical (unpaired) electrons. The molecule has 3 rings (SSSR count). The zero-order valence-electron chi connectivity index (χ0n) is 13.1. The number of Topliss-reactive ketones (excluding diaryl/α,β-unsaturated/α-hetero) is 1. The maximum atomic E-state index is 12.2. The molecular weight excluding hydrogens is 284 g/mol. The first-order chi connectivity index (χ1) is 10.2. The molecule has 5 heteroatoms. The lowest BCUT2D eigenvalue weighted by Gasteiger charge is -2.35. The third-order valence-electron chi connectivity index (χ3n) is 5.30. The average molecular weight is 304 g/mol. The van der Waals surface area contributed by atoms with Crippen molar-refractivity contribution < 1.29 is 23.9 Å². The van der Waals surface area contributed by atoms with Gasteiger partial charge in [-0.25, -0.2) is 4.79 Å². The minimum atomic E-state index is -0.744. The summed E-state index contributed by atoms with van der Waals surface area (Å²) in [7, 11) is 0. The number of ketones is 1. The second-order valence-corrected chi connectivity index (χ2v) is 6.66. The lowest BCUT2D eigenvalue weighted by atomic mass is 9.81. The first-order valence-corrected chi connectivity index (χ1v) is 7.58. The molecule has 22 heavy (non-hydrogen) atoms. The van der Waals surface area contributed by atoms with Gasteiger partial charge in [0, 0.05) is 30.8 Å². The van der Waals surface area contributed by atoms with Gasteiger partial charge in [-0.15, -0.1) is 0 Å². The van der Waals surface area contributed by atoms with Gasteiger partial charge in [-0.3, -0.25) is 9.59 Å². The normalized spacial score (nSPS) is 37.6. The standard InChI is InChI=1S/C17H20O5/c1-8-11-5-6-17(4,22-10(3)18)12-7-13(19)9(2)14(12)15(11)21-16(8)20/h11-12,15H,1,5-7H2,2-4H3/t11-,12+,15-,17+/m0/s1. The van der Waals surface area contributed by atoms with Gasteiger partial charge in [0.15, 0.2) is 5.78 Å². The minimum absolute atomic E-state index is 0.0348. The van der Waals surface area contributed by atoms with Crippen molar-refractivity contribution in [3.8, 4) is 0 Å². The lowest BCUT2D eigenvalue weighted by molar-refractivity contribution is -0.161. The summed E-state index contributed by atoms with van der Waals surface area (Å²) < 4.78 is 11.1. The van der Waals surface area contributed by atoms with Crippen LogP contribution in [0.2, 0.25) is 0 Å². The molecule has 0 unspecified atom stereocenters. The number of carbonyl (C=O) groups is 3. The van der Waals surface area contributed by atoms with Crippen molar-refractivity contribution >= 4 is 17.7 Å². The Morgan fingerprint density at radius 3 is 2.73 bits per heavy atom. The highest BCUT2D eigenvalue weighted by molar-refractivity contribution is 6.00. The molecule has 4 atom stereocenters. The molecular formula is C17H20O5. The highest BCUT2D eigenvalue weighted by Crippen LogP contribution is 2.51. The van der Waals surface area contributed by atoms with Crippen LogP contribution in [0.25, 0.3) is 0 Å². The summed E-state index contributed by atoms with van der Waals surface area (Å²) in [5.41, 5.74) is 1.17. The van der Waals surface area contributed by atoms with Crippen LogP contribution < -0.4 is 0 Å². The van der Waals surface area contributed by atoms with Crippen LogP contribution in [0.1, 0.15) is 40.0 Å². The van der Waals surface area contributed by atoms with E-state index in [1.807, 2.05) is 6.92 Å². The Hall–Kier alpha value is -1.91. The maximum Gasteiger partial charge on any atom is 0.334 e. The molecule has 118 valence electrons. The number of rotatable bonds is 1. The number of carbonyl (C=O) groups excluding carboxylic acids is 3. The first-order valence-electron chi connectivity index (χ1n) is 7.58. The molecule has 2 aliphatic carbocycles. The molecule has 1 aliphatic heterocycles. The molecule has 0 bridgehead atoms. The van der Waals surface area contributed by atoms with Crippen molar-refractivity contribution in [3.63, 3.8) is 0 Å². The Balaban J connectivity index is 2.09. The molecule has 1 saturated heterocycles. The van der Waals surface area contributed by atoms with Gasteiger partial charge in [0.1, 0.15) is 11.7 Å². The third kappa shape index (κ3) is 2.02. The molecule has 0 aromatic carbocycles. The van der Waals surface area contributed by atoms with Crippen LogP contribution in [0.5, 0.6) is 0 Å². The van der Waals surface area contributed by atoms with Crippen LogP contribution in [0.15, 0.2) is 23.3 Å². The highest BCUT2D eigenvalue weighted by Gasteiger charge is 2.55. The van der Waals surface area contributed by atoms with Gasteiger partial charge in [0.25, 0.3) is 0 Å². The minimum Gasteiger partial charge on any atom is -0.459 e. The number of hydrogen-bond acceptors (Lipinski definition) is 5. The van der Waals surface area contributed by atoms with Gasteiger partial charge in [0.05, 0.1) is 0 Å². The molecule has 2 fully saturated rings. The topological polar surface area (TPSA) is 69.7 Å². The van der Waals surface area contributed by atoms with E-state index in [-0.39, 0.29) is 29.6 Å². The Bertz CT molecular complexity index is 629. The third-order valence-corrected chi connectivity index (χ3v) is 5.30. The van der Waals surface area contributed by atoms with Crippen molar-refractivity contribution in [1.29, 1.82) is 0 Å². The molecule has 0 aromatic rings. The molecule has 0 spiro atoms. The molecule has 0 N–H and O–H groups in total. The Labute approximate surface area is 129 Å². The fourth-order valence-electron chi connectivity index (χ4n) is 4.11. The number of allylic oxidation sites excluding steroid dienone is 1. The highest BCUT2D eigenvalue weighted by atomic mass is 16.6. The Morgan fingerprint density at radius 2 is 2.09 bits per heavy atom. The van der Waals surface area contributed by atoms with E-state index < -0.39 is 11.7 Å². The number of esters is 2. The summed E-state index contributed by atoms with van der Waals surface area (Å²) in [5, 5.41) is 0. The summed E-state index contributed by atoms with van der Waals surface area (Å²) in [6.07, 6.45) is 1.10. The van der Waals surface area contributed by atoms with Crippen LogP contribution in [0.3, 0.4) is 0 Å². The van der Waals surface area contributed by atoms with Crippen LogP contribution >= 0.6 is 0 Å². The fourth-order valence-corrected chi connectivity index (χ4v) is 4.11. The van der Waals surface area contributed by atoms with E-state index in [1.165, 1.54) is 6.92 Å².